The van der Waals surface area contributed by atoms with Gasteiger partial charge in [0.05, 0.1) is 5.56 Å². The van der Waals surface area contributed by atoms with E-state index in [4.69, 9.17) is 21.4 Å². The molecule has 1 saturated heterocycles. The van der Waals surface area contributed by atoms with Crippen molar-refractivity contribution in [3.8, 4) is 5.88 Å². The maximum absolute atomic E-state index is 10.7. The minimum Gasteiger partial charge on any atom is -0.478 e. The number of carboxylic acids is 1. The molecule has 1 unspecified atom stereocenters. The summed E-state index contributed by atoms with van der Waals surface area (Å²) in [4.78, 5) is 14.6. The van der Waals surface area contributed by atoms with Crippen LogP contribution in [0.2, 0.25) is 5.02 Å². The maximum Gasteiger partial charge on any atom is 0.337 e. The average molecular weight is 257 g/mol. The van der Waals surface area contributed by atoms with Crippen LogP contribution in [0.4, 0.5) is 0 Å². The van der Waals surface area contributed by atoms with Crippen molar-refractivity contribution in [1.82, 2.24) is 10.3 Å². The van der Waals surface area contributed by atoms with Gasteiger partial charge < -0.3 is 15.2 Å². The number of carboxylic acid groups (broad SMARTS) is 1. The Balaban J connectivity index is 1.98. The van der Waals surface area contributed by atoms with Crippen LogP contribution in [0.5, 0.6) is 5.88 Å². The molecule has 0 aromatic carbocycles. The van der Waals surface area contributed by atoms with E-state index in [1.165, 1.54) is 12.3 Å². The summed E-state index contributed by atoms with van der Waals surface area (Å²) in [7, 11) is 0. The normalized spacial score (nSPS) is 19.2. The lowest BCUT2D eigenvalue weighted by Crippen LogP contribution is -2.28. The minimum atomic E-state index is -1.05. The van der Waals surface area contributed by atoms with Crippen molar-refractivity contribution in [2.75, 3.05) is 13.2 Å². The number of rotatable bonds is 4. The number of halogens is 1. The van der Waals surface area contributed by atoms with Crippen molar-refractivity contribution in [1.29, 1.82) is 0 Å². The molecule has 0 radical (unpaired) electrons. The van der Waals surface area contributed by atoms with E-state index < -0.39 is 5.97 Å². The molecular weight excluding hydrogens is 244 g/mol. The molecule has 92 valence electrons. The summed E-state index contributed by atoms with van der Waals surface area (Å²) in [6.45, 7) is 1.51. The van der Waals surface area contributed by atoms with Crippen molar-refractivity contribution < 1.29 is 14.6 Å². The number of carbonyl (C=O) groups is 1. The molecule has 1 aliphatic heterocycles. The first kappa shape index (κ1) is 12.1. The highest BCUT2D eigenvalue weighted by molar-refractivity contribution is 6.32. The van der Waals surface area contributed by atoms with Crippen molar-refractivity contribution >= 4 is 17.6 Å². The number of ether oxygens (including phenoxy) is 1. The Kier molecular flexibility index (Phi) is 3.81. The summed E-state index contributed by atoms with van der Waals surface area (Å²) < 4.78 is 5.46. The van der Waals surface area contributed by atoms with Gasteiger partial charge in [0.15, 0.2) is 0 Å². The number of nitrogens with one attached hydrogen (secondary N) is 1. The highest BCUT2D eigenvalue weighted by Crippen LogP contribution is 2.23. The summed E-state index contributed by atoms with van der Waals surface area (Å²) in [6.07, 6.45) is 3.46. The molecule has 1 aliphatic rings. The van der Waals surface area contributed by atoms with Crippen LogP contribution in [0, 0.1) is 0 Å². The minimum absolute atomic E-state index is 0.0568. The third-order valence-corrected chi connectivity index (χ3v) is 2.91. The van der Waals surface area contributed by atoms with Gasteiger partial charge in [-0.1, -0.05) is 11.6 Å². The lowest BCUT2D eigenvalue weighted by atomic mass is 10.2. The van der Waals surface area contributed by atoms with Crippen molar-refractivity contribution in [2.45, 2.75) is 18.9 Å². The maximum atomic E-state index is 10.7. The van der Waals surface area contributed by atoms with Gasteiger partial charge in [-0.15, -0.1) is 0 Å². The van der Waals surface area contributed by atoms with E-state index in [1.54, 1.807) is 0 Å². The van der Waals surface area contributed by atoms with Crippen molar-refractivity contribution in [2.24, 2.45) is 0 Å². The number of aromatic nitrogens is 1. The third kappa shape index (κ3) is 3.08. The van der Waals surface area contributed by atoms with Crippen molar-refractivity contribution in [3.05, 3.63) is 22.8 Å². The molecule has 2 heterocycles. The monoisotopic (exact) mass is 256 g/mol. The van der Waals surface area contributed by atoms with Crippen LogP contribution in [-0.4, -0.2) is 35.3 Å². The number of aromatic carboxylic acids is 1. The van der Waals surface area contributed by atoms with E-state index >= 15 is 0 Å². The molecule has 5 nitrogen and oxygen atoms in total. The molecule has 0 saturated carbocycles. The fraction of sp³-hybridized carbons (Fsp3) is 0.455. The fourth-order valence-corrected chi connectivity index (χ4v) is 1.95. The van der Waals surface area contributed by atoms with E-state index in [0.717, 1.165) is 19.4 Å². The lowest BCUT2D eigenvalue weighted by molar-refractivity contribution is 0.0696. The topological polar surface area (TPSA) is 71.5 Å². The number of pyridine rings is 1. The van der Waals surface area contributed by atoms with Crippen LogP contribution >= 0.6 is 11.6 Å². The summed E-state index contributed by atoms with van der Waals surface area (Å²) in [5.41, 5.74) is 0.0568. The Morgan fingerprint density at radius 3 is 3.12 bits per heavy atom. The Bertz CT molecular complexity index is 419. The van der Waals surface area contributed by atoms with E-state index in [-0.39, 0.29) is 16.5 Å². The largest absolute Gasteiger partial charge is 0.478 e. The first-order chi connectivity index (χ1) is 8.16. The van der Waals surface area contributed by atoms with E-state index in [2.05, 4.69) is 10.3 Å². The van der Waals surface area contributed by atoms with Crippen LogP contribution < -0.4 is 10.1 Å². The van der Waals surface area contributed by atoms with Gasteiger partial charge in [0.25, 0.3) is 0 Å². The predicted octanol–water partition coefficient (Wildman–Crippen LogP) is 1.56. The van der Waals surface area contributed by atoms with Gasteiger partial charge in [0, 0.05) is 12.2 Å². The standard InChI is InChI=1S/C11H13ClN2O3/c12-9-4-7(11(15)16)5-14-10(9)17-6-8-2-1-3-13-8/h4-5,8,13H,1-3,6H2,(H,15,16). The molecule has 2 N–H and O–H groups in total. The van der Waals surface area contributed by atoms with Crippen LogP contribution in [-0.2, 0) is 0 Å². The number of hydrogen-bond acceptors (Lipinski definition) is 4. The molecule has 1 aromatic rings. The third-order valence-electron chi connectivity index (χ3n) is 2.64. The molecule has 0 spiro atoms. The molecule has 17 heavy (non-hydrogen) atoms. The SMILES string of the molecule is O=C(O)c1cnc(OCC2CCCN2)c(Cl)c1. The van der Waals surface area contributed by atoms with Gasteiger partial charge >= 0.3 is 5.97 Å². The molecule has 6 heteroatoms. The first-order valence-electron chi connectivity index (χ1n) is 5.42. The zero-order chi connectivity index (χ0) is 12.3. The zero-order valence-corrected chi connectivity index (χ0v) is 9.91. The van der Waals surface area contributed by atoms with Crippen LogP contribution in [0.15, 0.2) is 12.3 Å². The lowest BCUT2D eigenvalue weighted by Gasteiger charge is -2.12. The fourth-order valence-electron chi connectivity index (χ4n) is 1.73. The second kappa shape index (κ2) is 5.33. The number of hydrogen-bond donors (Lipinski definition) is 2. The molecular formula is C11H13ClN2O3. The molecule has 0 bridgehead atoms. The van der Waals surface area contributed by atoms with Crippen LogP contribution in [0.3, 0.4) is 0 Å². The van der Waals surface area contributed by atoms with Gasteiger partial charge in [0.1, 0.15) is 11.6 Å². The second-order valence-corrected chi connectivity index (χ2v) is 4.33. The van der Waals surface area contributed by atoms with Gasteiger partial charge in [-0.25, -0.2) is 9.78 Å². The predicted molar refractivity (Wildman–Crippen MR) is 62.7 cm³/mol. The smallest absolute Gasteiger partial charge is 0.337 e. The Morgan fingerprint density at radius 1 is 1.71 bits per heavy atom. The quantitative estimate of drug-likeness (QED) is 0.856. The zero-order valence-electron chi connectivity index (χ0n) is 9.15. The molecule has 1 atom stereocenters. The number of nitrogens with zero attached hydrogens (tertiary/aromatic N) is 1. The molecule has 1 fully saturated rings. The van der Waals surface area contributed by atoms with E-state index in [0.29, 0.717) is 12.6 Å². The Morgan fingerprint density at radius 2 is 2.53 bits per heavy atom. The summed E-state index contributed by atoms with van der Waals surface area (Å²) in [6, 6.07) is 1.67. The molecule has 2 rings (SSSR count). The van der Waals surface area contributed by atoms with E-state index in [9.17, 15) is 4.79 Å². The van der Waals surface area contributed by atoms with E-state index in [1.807, 2.05) is 0 Å². The first-order valence-corrected chi connectivity index (χ1v) is 5.79. The van der Waals surface area contributed by atoms with Gasteiger partial charge in [-0.05, 0) is 25.5 Å². The highest BCUT2D eigenvalue weighted by atomic mass is 35.5. The summed E-state index contributed by atoms with van der Waals surface area (Å²) in [5, 5.41) is 12.3. The second-order valence-electron chi connectivity index (χ2n) is 3.92. The summed E-state index contributed by atoms with van der Waals surface area (Å²) >= 11 is 5.89. The highest BCUT2D eigenvalue weighted by Gasteiger charge is 2.16. The van der Waals surface area contributed by atoms with Crippen molar-refractivity contribution in [3.63, 3.8) is 0 Å². The Labute approximate surface area is 104 Å². The molecule has 0 amide bonds. The average Bonchev–Trinajstić information content (AvgIpc) is 2.80. The summed E-state index contributed by atoms with van der Waals surface area (Å²) in [5.74, 6) is -0.770. The van der Waals surface area contributed by atoms with Gasteiger partial charge in [-0.2, -0.15) is 0 Å². The van der Waals surface area contributed by atoms with Crippen LogP contribution in [0.25, 0.3) is 0 Å². The van der Waals surface area contributed by atoms with Gasteiger partial charge in [-0.3, -0.25) is 0 Å². The molecule has 1 aromatic heterocycles. The Hall–Kier alpha value is -1.33. The van der Waals surface area contributed by atoms with Gasteiger partial charge in [0.2, 0.25) is 5.88 Å². The van der Waals surface area contributed by atoms with Crippen LogP contribution in [0.1, 0.15) is 23.2 Å². The molecule has 0 aliphatic carbocycles.